The van der Waals surface area contributed by atoms with Crippen molar-refractivity contribution in [1.29, 1.82) is 0 Å². The Bertz CT molecular complexity index is 245. The van der Waals surface area contributed by atoms with Crippen LogP contribution >= 0.6 is 0 Å². The molecule has 1 saturated heterocycles. The van der Waals surface area contributed by atoms with Crippen LogP contribution in [0.3, 0.4) is 0 Å². The fourth-order valence-corrected chi connectivity index (χ4v) is 3.95. The molecule has 2 rings (SSSR count). The van der Waals surface area contributed by atoms with Crippen LogP contribution in [0.4, 0.5) is 0 Å². The zero-order chi connectivity index (χ0) is 13.0. The average Bonchev–Trinajstić information content (AvgIpc) is 2.39. The summed E-state index contributed by atoms with van der Waals surface area (Å²) in [6.45, 7) is 6.01. The van der Waals surface area contributed by atoms with E-state index in [2.05, 4.69) is 11.8 Å². The molecule has 3 N–H and O–H groups in total. The molecule has 0 bridgehead atoms. The molecule has 3 heteroatoms. The van der Waals surface area contributed by atoms with Gasteiger partial charge in [-0.05, 0) is 62.9 Å². The van der Waals surface area contributed by atoms with E-state index in [1.165, 1.54) is 45.2 Å². The van der Waals surface area contributed by atoms with E-state index in [4.69, 9.17) is 10.8 Å². The van der Waals surface area contributed by atoms with Gasteiger partial charge in [0, 0.05) is 19.2 Å². The Morgan fingerprint density at radius 2 is 2.11 bits per heavy atom. The quantitative estimate of drug-likeness (QED) is 0.805. The summed E-state index contributed by atoms with van der Waals surface area (Å²) in [5.41, 5.74) is 5.97. The highest BCUT2D eigenvalue weighted by Crippen LogP contribution is 2.34. The molecule has 1 saturated carbocycles. The van der Waals surface area contributed by atoms with Crippen LogP contribution in [0.2, 0.25) is 0 Å². The van der Waals surface area contributed by atoms with Crippen LogP contribution in [-0.2, 0) is 0 Å². The Labute approximate surface area is 112 Å². The number of piperidine rings is 1. The molecule has 4 unspecified atom stereocenters. The minimum Gasteiger partial charge on any atom is -0.396 e. The van der Waals surface area contributed by atoms with Crippen LogP contribution in [0.5, 0.6) is 0 Å². The number of aliphatic hydroxyl groups excluding tert-OH is 1. The van der Waals surface area contributed by atoms with E-state index in [0.717, 1.165) is 18.9 Å². The van der Waals surface area contributed by atoms with Gasteiger partial charge in [0.25, 0.3) is 0 Å². The van der Waals surface area contributed by atoms with Crippen molar-refractivity contribution in [2.75, 3.05) is 26.2 Å². The van der Waals surface area contributed by atoms with Crippen LogP contribution in [0, 0.1) is 17.8 Å². The lowest BCUT2D eigenvalue weighted by atomic mass is 9.77. The molecule has 1 aliphatic carbocycles. The maximum absolute atomic E-state index is 9.12. The predicted molar refractivity (Wildman–Crippen MR) is 75.3 cm³/mol. The van der Waals surface area contributed by atoms with Gasteiger partial charge in [-0.25, -0.2) is 0 Å². The van der Waals surface area contributed by atoms with E-state index >= 15 is 0 Å². The van der Waals surface area contributed by atoms with Crippen molar-refractivity contribution in [1.82, 2.24) is 4.90 Å². The molecule has 0 amide bonds. The average molecular weight is 254 g/mol. The Hall–Kier alpha value is -0.120. The van der Waals surface area contributed by atoms with Crippen molar-refractivity contribution < 1.29 is 5.11 Å². The summed E-state index contributed by atoms with van der Waals surface area (Å²) in [4.78, 5) is 2.69. The van der Waals surface area contributed by atoms with E-state index in [-0.39, 0.29) is 0 Å². The second-order valence-corrected chi connectivity index (χ2v) is 6.50. The fraction of sp³-hybridized carbons (Fsp3) is 1.00. The van der Waals surface area contributed by atoms with Gasteiger partial charge in [-0.3, -0.25) is 4.90 Å². The minimum atomic E-state index is 0.347. The molecule has 18 heavy (non-hydrogen) atoms. The first-order valence-electron chi connectivity index (χ1n) is 7.79. The molecule has 2 fully saturated rings. The minimum absolute atomic E-state index is 0.347. The van der Waals surface area contributed by atoms with E-state index in [9.17, 15) is 0 Å². The maximum atomic E-state index is 9.12. The lowest BCUT2D eigenvalue weighted by Crippen LogP contribution is -2.50. The first kappa shape index (κ1) is 14.3. The second kappa shape index (κ2) is 6.88. The number of hydrogen-bond acceptors (Lipinski definition) is 3. The van der Waals surface area contributed by atoms with Gasteiger partial charge >= 0.3 is 0 Å². The van der Waals surface area contributed by atoms with Crippen molar-refractivity contribution in [3.05, 3.63) is 0 Å². The molecule has 1 heterocycles. The number of hydrogen-bond donors (Lipinski definition) is 2. The third-order valence-electron chi connectivity index (χ3n) is 5.08. The highest BCUT2D eigenvalue weighted by atomic mass is 16.3. The molecule has 0 aromatic carbocycles. The standard InChI is InChI=1S/C15H30N2O/c1-12-4-5-14(10-16)15(9-12)17-7-2-3-13(11-17)6-8-18/h12-15,18H,2-11,16H2,1H3. The lowest BCUT2D eigenvalue weighted by Gasteiger charge is -2.45. The van der Waals surface area contributed by atoms with E-state index in [1.807, 2.05) is 0 Å². The summed E-state index contributed by atoms with van der Waals surface area (Å²) in [6.07, 6.45) is 7.56. The Morgan fingerprint density at radius 1 is 1.28 bits per heavy atom. The maximum Gasteiger partial charge on any atom is 0.0434 e. The van der Waals surface area contributed by atoms with Crippen LogP contribution in [0.25, 0.3) is 0 Å². The molecule has 3 nitrogen and oxygen atoms in total. The Balaban J connectivity index is 1.94. The van der Waals surface area contributed by atoms with Gasteiger partial charge in [-0.2, -0.15) is 0 Å². The third kappa shape index (κ3) is 3.46. The third-order valence-corrected chi connectivity index (χ3v) is 5.08. The predicted octanol–water partition coefficient (Wildman–Crippen LogP) is 1.84. The van der Waals surface area contributed by atoms with Gasteiger partial charge in [-0.15, -0.1) is 0 Å². The normalized spacial score (nSPS) is 38.8. The zero-order valence-electron chi connectivity index (χ0n) is 11.9. The molecule has 106 valence electrons. The summed E-state index contributed by atoms with van der Waals surface area (Å²) in [5.74, 6) is 2.27. The molecule has 2 aliphatic rings. The SMILES string of the molecule is CC1CCC(CN)C(N2CCCC(CCO)C2)C1. The summed E-state index contributed by atoms with van der Waals surface area (Å²) in [6, 6.07) is 0.709. The summed E-state index contributed by atoms with van der Waals surface area (Å²) >= 11 is 0. The topological polar surface area (TPSA) is 49.5 Å². The van der Waals surface area contributed by atoms with E-state index in [0.29, 0.717) is 24.5 Å². The van der Waals surface area contributed by atoms with Crippen molar-refractivity contribution >= 4 is 0 Å². The number of rotatable bonds is 4. The van der Waals surface area contributed by atoms with Crippen molar-refractivity contribution in [2.45, 2.75) is 51.5 Å². The van der Waals surface area contributed by atoms with Gasteiger partial charge in [0.15, 0.2) is 0 Å². The highest BCUT2D eigenvalue weighted by molar-refractivity contribution is 4.88. The number of likely N-dealkylation sites (tertiary alicyclic amines) is 1. The van der Waals surface area contributed by atoms with Gasteiger partial charge in [0.05, 0.1) is 0 Å². The van der Waals surface area contributed by atoms with Crippen LogP contribution in [0.1, 0.15) is 45.4 Å². The van der Waals surface area contributed by atoms with Crippen LogP contribution < -0.4 is 5.73 Å². The number of nitrogens with two attached hydrogens (primary N) is 1. The summed E-state index contributed by atoms with van der Waals surface area (Å²) < 4.78 is 0. The lowest BCUT2D eigenvalue weighted by molar-refractivity contribution is 0.0439. The van der Waals surface area contributed by atoms with Gasteiger partial charge in [0.1, 0.15) is 0 Å². The van der Waals surface area contributed by atoms with Crippen molar-refractivity contribution in [3.63, 3.8) is 0 Å². The number of nitrogens with zero attached hydrogens (tertiary/aromatic N) is 1. The molecular weight excluding hydrogens is 224 g/mol. The van der Waals surface area contributed by atoms with Gasteiger partial charge in [-0.1, -0.05) is 13.3 Å². The monoisotopic (exact) mass is 254 g/mol. The number of aliphatic hydroxyl groups is 1. The van der Waals surface area contributed by atoms with E-state index < -0.39 is 0 Å². The molecule has 0 radical (unpaired) electrons. The van der Waals surface area contributed by atoms with Crippen LogP contribution in [-0.4, -0.2) is 42.3 Å². The highest BCUT2D eigenvalue weighted by Gasteiger charge is 2.34. The largest absolute Gasteiger partial charge is 0.396 e. The first-order chi connectivity index (χ1) is 8.74. The fourth-order valence-electron chi connectivity index (χ4n) is 3.95. The van der Waals surface area contributed by atoms with E-state index in [1.54, 1.807) is 0 Å². The Kier molecular flexibility index (Phi) is 5.46. The van der Waals surface area contributed by atoms with Gasteiger partial charge in [0.2, 0.25) is 0 Å². The van der Waals surface area contributed by atoms with Crippen molar-refractivity contribution in [2.24, 2.45) is 23.5 Å². The molecule has 0 spiro atoms. The van der Waals surface area contributed by atoms with Crippen molar-refractivity contribution in [3.8, 4) is 0 Å². The van der Waals surface area contributed by atoms with Crippen LogP contribution in [0.15, 0.2) is 0 Å². The molecule has 0 aromatic heterocycles. The molecule has 1 aliphatic heterocycles. The summed E-state index contributed by atoms with van der Waals surface area (Å²) in [7, 11) is 0. The summed E-state index contributed by atoms with van der Waals surface area (Å²) in [5, 5.41) is 9.12. The molecular formula is C15H30N2O. The second-order valence-electron chi connectivity index (χ2n) is 6.50. The zero-order valence-corrected chi connectivity index (χ0v) is 11.9. The molecule has 4 atom stereocenters. The smallest absolute Gasteiger partial charge is 0.0434 e. The Morgan fingerprint density at radius 3 is 2.83 bits per heavy atom. The first-order valence-corrected chi connectivity index (χ1v) is 7.79. The van der Waals surface area contributed by atoms with Gasteiger partial charge < -0.3 is 10.8 Å². The molecule has 0 aromatic rings.